The molecule has 150 valence electrons. The van der Waals surface area contributed by atoms with Gasteiger partial charge in [-0.05, 0) is 36.6 Å². The Hall–Kier alpha value is -2.12. The van der Waals surface area contributed by atoms with Crippen molar-refractivity contribution in [3.8, 4) is 0 Å². The number of nitrogens with one attached hydrogen (secondary N) is 1. The number of hydrogen-bond acceptors (Lipinski definition) is 5. The normalized spacial score (nSPS) is 16.2. The van der Waals surface area contributed by atoms with Crippen molar-refractivity contribution in [2.45, 2.75) is 38.8 Å². The summed E-state index contributed by atoms with van der Waals surface area (Å²) in [7, 11) is 5.42. The van der Waals surface area contributed by atoms with E-state index in [2.05, 4.69) is 5.32 Å². The molecule has 1 aliphatic heterocycles. The van der Waals surface area contributed by atoms with Gasteiger partial charge in [0.05, 0.1) is 6.10 Å². The first-order chi connectivity index (χ1) is 12.9. The van der Waals surface area contributed by atoms with Crippen LogP contribution in [0.2, 0.25) is 0 Å². The third-order valence-electron chi connectivity index (χ3n) is 4.58. The minimum Gasteiger partial charge on any atom is -0.377 e. The molecule has 1 saturated heterocycles. The quantitative estimate of drug-likeness (QED) is 0.715. The zero-order valence-corrected chi connectivity index (χ0v) is 16.8. The van der Waals surface area contributed by atoms with Gasteiger partial charge < -0.3 is 24.6 Å². The zero-order chi connectivity index (χ0) is 19.8. The molecular formula is C20H31N3O4. The maximum Gasteiger partial charge on any atom is 0.250 e. The standard InChI is InChI=1S/C20H31N3O4/c1-5-20(25)23(13-17-7-6-10-27-17)12-15-11-16(21-19(24)14-26-4)8-9-18(15)22(2)3/h8-9,11,17H,5-7,10,12-14H2,1-4H3,(H,21,24)/t17-/m1/s1. The van der Waals surface area contributed by atoms with Gasteiger partial charge in [0.15, 0.2) is 0 Å². The second-order valence-corrected chi connectivity index (χ2v) is 6.98. The van der Waals surface area contributed by atoms with Crippen molar-refractivity contribution >= 4 is 23.2 Å². The lowest BCUT2D eigenvalue weighted by Crippen LogP contribution is -2.36. The summed E-state index contributed by atoms with van der Waals surface area (Å²) in [6.45, 7) is 3.72. The SMILES string of the molecule is CCC(=O)N(Cc1cc(NC(=O)COC)ccc1N(C)C)C[C@H]1CCCO1. The molecule has 1 N–H and O–H groups in total. The predicted octanol–water partition coefficient (Wildman–Crippen LogP) is 2.26. The Kier molecular flexibility index (Phi) is 8.06. The molecule has 2 amide bonds. The third kappa shape index (κ3) is 6.22. The van der Waals surface area contributed by atoms with Gasteiger partial charge in [-0.15, -0.1) is 0 Å². The summed E-state index contributed by atoms with van der Waals surface area (Å²) in [6, 6.07) is 5.74. The predicted molar refractivity (Wildman–Crippen MR) is 106 cm³/mol. The van der Waals surface area contributed by atoms with Gasteiger partial charge in [0.1, 0.15) is 6.61 Å². The van der Waals surface area contributed by atoms with Gasteiger partial charge in [-0.1, -0.05) is 6.92 Å². The van der Waals surface area contributed by atoms with E-state index in [-0.39, 0.29) is 24.5 Å². The van der Waals surface area contributed by atoms with Crippen LogP contribution in [-0.4, -0.2) is 63.8 Å². The molecular weight excluding hydrogens is 346 g/mol. The van der Waals surface area contributed by atoms with E-state index < -0.39 is 0 Å². The van der Waals surface area contributed by atoms with E-state index in [0.29, 0.717) is 25.2 Å². The summed E-state index contributed by atoms with van der Waals surface area (Å²) in [6.07, 6.45) is 2.59. The minimum atomic E-state index is -0.207. The Morgan fingerprint density at radius 3 is 2.70 bits per heavy atom. The largest absolute Gasteiger partial charge is 0.377 e. The zero-order valence-electron chi connectivity index (χ0n) is 16.8. The summed E-state index contributed by atoms with van der Waals surface area (Å²) in [5, 5.41) is 2.83. The molecule has 1 fully saturated rings. The fourth-order valence-corrected chi connectivity index (χ4v) is 3.27. The number of anilines is 2. The van der Waals surface area contributed by atoms with Crippen LogP contribution >= 0.6 is 0 Å². The summed E-state index contributed by atoms with van der Waals surface area (Å²) in [4.78, 5) is 28.2. The number of carbonyl (C=O) groups is 2. The summed E-state index contributed by atoms with van der Waals surface area (Å²) < 4.78 is 10.6. The number of carbonyl (C=O) groups excluding carboxylic acids is 2. The molecule has 2 rings (SSSR count). The molecule has 0 saturated carbocycles. The van der Waals surface area contributed by atoms with Gasteiger partial charge in [-0.25, -0.2) is 0 Å². The van der Waals surface area contributed by atoms with Crippen molar-refractivity contribution < 1.29 is 19.1 Å². The van der Waals surface area contributed by atoms with Crippen molar-refractivity contribution in [1.29, 1.82) is 0 Å². The lowest BCUT2D eigenvalue weighted by Gasteiger charge is -2.28. The molecule has 0 spiro atoms. The Balaban J connectivity index is 2.22. The Labute approximate surface area is 161 Å². The first-order valence-electron chi connectivity index (χ1n) is 9.43. The Bertz CT molecular complexity index is 642. The molecule has 27 heavy (non-hydrogen) atoms. The van der Waals surface area contributed by atoms with Crippen molar-refractivity contribution in [2.75, 3.05) is 51.2 Å². The molecule has 0 unspecified atom stereocenters. The van der Waals surface area contributed by atoms with Crippen LogP contribution in [0.15, 0.2) is 18.2 Å². The molecule has 0 bridgehead atoms. The second kappa shape index (κ2) is 10.3. The van der Waals surface area contributed by atoms with Crippen LogP contribution in [-0.2, 0) is 25.6 Å². The van der Waals surface area contributed by atoms with Crippen LogP contribution < -0.4 is 10.2 Å². The Morgan fingerprint density at radius 1 is 1.33 bits per heavy atom. The highest BCUT2D eigenvalue weighted by Crippen LogP contribution is 2.25. The monoisotopic (exact) mass is 377 g/mol. The number of ether oxygens (including phenoxy) is 2. The smallest absolute Gasteiger partial charge is 0.250 e. The van der Waals surface area contributed by atoms with Crippen LogP contribution in [0.4, 0.5) is 11.4 Å². The highest BCUT2D eigenvalue weighted by molar-refractivity contribution is 5.92. The topological polar surface area (TPSA) is 71.1 Å². The van der Waals surface area contributed by atoms with Gasteiger partial charge >= 0.3 is 0 Å². The maximum absolute atomic E-state index is 12.5. The summed E-state index contributed by atoms with van der Waals surface area (Å²) in [5.74, 6) is -0.106. The molecule has 0 aliphatic carbocycles. The van der Waals surface area contributed by atoms with E-state index in [4.69, 9.17) is 9.47 Å². The lowest BCUT2D eigenvalue weighted by molar-refractivity contribution is -0.133. The number of amides is 2. The molecule has 1 aromatic carbocycles. The maximum atomic E-state index is 12.5. The first-order valence-corrected chi connectivity index (χ1v) is 9.43. The van der Waals surface area contributed by atoms with E-state index in [1.54, 1.807) is 0 Å². The molecule has 1 aliphatic rings. The van der Waals surface area contributed by atoms with Crippen molar-refractivity contribution in [3.63, 3.8) is 0 Å². The fourth-order valence-electron chi connectivity index (χ4n) is 3.27. The number of methoxy groups -OCH3 is 1. The van der Waals surface area contributed by atoms with Gasteiger partial charge in [-0.3, -0.25) is 9.59 Å². The van der Waals surface area contributed by atoms with Gasteiger partial charge in [0.25, 0.3) is 0 Å². The van der Waals surface area contributed by atoms with Crippen LogP contribution in [0.25, 0.3) is 0 Å². The fraction of sp³-hybridized carbons (Fsp3) is 0.600. The Morgan fingerprint density at radius 2 is 2.11 bits per heavy atom. The molecule has 0 aromatic heterocycles. The molecule has 1 aromatic rings. The van der Waals surface area contributed by atoms with E-state index in [9.17, 15) is 9.59 Å². The van der Waals surface area contributed by atoms with Crippen molar-refractivity contribution in [2.24, 2.45) is 0 Å². The average molecular weight is 377 g/mol. The number of benzene rings is 1. The summed E-state index contributed by atoms with van der Waals surface area (Å²) in [5.41, 5.74) is 2.69. The molecule has 7 nitrogen and oxygen atoms in total. The highest BCUT2D eigenvalue weighted by Gasteiger charge is 2.23. The summed E-state index contributed by atoms with van der Waals surface area (Å²) >= 11 is 0. The van der Waals surface area contributed by atoms with E-state index in [1.807, 2.05) is 49.0 Å². The van der Waals surface area contributed by atoms with Crippen LogP contribution in [0, 0.1) is 0 Å². The molecule has 1 heterocycles. The van der Waals surface area contributed by atoms with E-state index in [0.717, 1.165) is 30.7 Å². The molecule has 7 heteroatoms. The van der Waals surface area contributed by atoms with Gasteiger partial charge in [0, 0.05) is 58.7 Å². The minimum absolute atomic E-state index is 0.00420. The number of nitrogens with zero attached hydrogens (tertiary/aromatic N) is 2. The molecule has 1 atom stereocenters. The second-order valence-electron chi connectivity index (χ2n) is 6.98. The average Bonchev–Trinajstić information content (AvgIpc) is 3.13. The van der Waals surface area contributed by atoms with Crippen molar-refractivity contribution in [1.82, 2.24) is 4.90 Å². The highest BCUT2D eigenvalue weighted by atomic mass is 16.5. The van der Waals surface area contributed by atoms with Crippen molar-refractivity contribution in [3.05, 3.63) is 23.8 Å². The van der Waals surface area contributed by atoms with Crippen LogP contribution in [0.5, 0.6) is 0 Å². The third-order valence-corrected chi connectivity index (χ3v) is 4.58. The van der Waals surface area contributed by atoms with Crippen LogP contribution in [0.3, 0.4) is 0 Å². The number of hydrogen-bond donors (Lipinski definition) is 1. The van der Waals surface area contributed by atoms with Gasteiger partial charge in [0.2, 0.25) is 11.8 Å². The first kappa shape index (κ1) is 21.2. The molecule has 0 radical (unpaired) electrons. The number of rotatable bonds is 9. The van der Waals surface area contributed by atoms with E-state index in [1.165, 1.54) is 7.11 Å². The van der Waals surface area contributed by atoms with Crippen LogP contribution in [0.1, 0.15) is 31.7 Å². The van der Waals surface area contributed by atoms with Gasteiger partial charge in [-0.2, -0.15) is 0 Å². The van der Waals surface area contributed by atoms with E-state index >= 15 is 0 Å². The lowest BCUT2D eigenvalue weighted by atomic mass is 10.1.